The summed E-state index contributed by atoms with van der Waals surface area (Å²) in [7, 11) is 1.56. The lowest BCUT2D eigenvalue weighted by molar-refractivity contribution is 0.0520. The average molecular weight is 327 g/mol. The van der Waals surface area contributed by atoms with Crippen molar-refractivity contribution in [3.8, 4) is 5.75 Å². The van der Waals surface area contributed by atoms with Crippen molar-refractivity contribution in [2.24, 2.45) is 0 Å². The highest BCUT2D eigenvalue weighted by Gasteiger charge is 2.36. The minimum Gasteiger partial charge on any atom is -0.497 e. The lowest BCUT2D eigenvalue weighted by Gasteiger charge is -2.25. The molecule has 3 rings (SSSR count). The first-order chi connectivity index (χ1) is 11.6. The van der Waals surface area contributed by atoms with Crippen LogP contribution in [0.15, 0.2) is 70.1 Å². The largest absolute Gasteiger partial charge is 0.497 e. The fourth-order valence-electron chi connectivity index (χ4n) is 2.40. The van der Waals surface area contributed by atoms with Gasteiger partial charge < -0.3 is 24.0 Å². The van der Waals surface area contributed by atoms with Gasteiger partial charge in [0.2, 0.25) is 0 Å². The summed E-state index contributed by atoms with van der Waals surface area (Å²) in [5.41, 5.74) is -0.559. The molecule has 6 heteroatoms. The zero-order valence-corrected chi connectivity index (χ0v) is 13.1. The van der Waals surface area contributed by atoms with Crippen molar-refractivity contribution in [1.82, 2.24) is 5.32 Å². The quantitative estimate of drug-likeness (QED) is 0.727. The van der Waals surface area contributed by atoms with Crippen molar-refractivity contribution in [1.29, 1.82) is 0 Å². The van der Waals surface area contributed by atoms with E-state index in [0.717, 1.165) is 0 Å². The molecule has 0 radical (unpaired) electrons. The zero-order valence-electron chi connectivity index (χ0n) is 13.1. The first-order valence-corrected chi connectivity index (χ1v) is 7.35. The average Bonchev–Trinajstić information content (AvgIpc) is 3.33. The van der Waals surface area contributed by atoms with Crippen LogP contribution in [0.5, 0.6) is 5.75 Å². The minimum absolute atomic E-state index is 0.0646. The highest BCUT2D eigenvalue weighted by molar-refractivity contribution is 5.94. The van der Waals surface area contributed by atoms with Crippen LogP contribution in [0.4, 0.5) is 0 Å². The molecule has 0 saturated carbocycles. The van der Waals surface area contributed by atoms with Gasteiger partial charge in [-0.05, 0) is 42.5 Å². The van der Waals surface area contributed by atoms with Gasteiger partial charge in [-0.15, -0.1) is 0 Å². The number of nitrogens with one attached hydrogen (secondary N) is 1. The van der Waals surface area contributed by atoms with Crippen LogP contribution < -0.4 is 10.1 Å². The third-order valence-electron chi connectivity index (χ3n) is 3.78. The van der Waals surface area contributed by atoms with Crippen LogP contribution in [0.3, 0.4) is 0 Å². The van der Waals surface area contributed by atoms with Crippen molar-refractivity contribution in [3.63, 3.8) is 0 Å². The number of carbonyl (C=O) groups excluding carboxylic acids is 1. The second kappa shape index (κ2) is 6.64. The number of aliphatic hydroxyl groups is 1. The molecule has 24 heavy (non-hydrogen) atoms. The summed E-state index contributed by atoms with van der Waals surface area (Å²) in [4.78, 5) is 12.3. The maximum atomic E-state index is 12.3. The van der Waals surface area contributed by atoms with E-state index < -0.39 is 5.60 Å². The maximum Gasteiger partial charge on any atom is 0.251 e. The molecule has 0 aliphatic heterocycles. The molecule has 1 aromatic carbocycles. The Labute approximate surface area is 138 Å². The van der Waals surface area contributed by atoms with E-state index in [9.17, 15) is 9.90 Å². The molecule has 0 spiro atoms. The van der Waals surface area contributed by atoms with Crippen molar-refractivity contribution in [3.05, 3.63) is 78.1 Å². The minimum atomic E-state index is -1.52. The second-order valence-corrected chi connectivity index (χ2v) is 5.26. The Morgan fingerprint density at radius 2 is 2.00 bits per heavy atom. The van der Waals surface area contributed by atoms with E-state index >= 15 is 0 Å². The van der Waals surface area contributed by atoms with Gasteiger partial charge in [0, 0.05) is 11.1 Å². The number of ether oxygens (including phenoxy) is 1. The molecule has 2 N–H and O–H groups in total. The summed E-state index contributed by atoms with van der Waals surface area (Å²) in [5, 5.41) is 13.7. The predicted octanol–water partition coefficient (Wildman–Crippen LogP) is 2.55. The smallest absolute Gasteiger partial charge is 0.251 e. The van der Waals surface area contributed by atoms with Gasteiger partial charge in [-0.2, -0.15) is 0 Å². The number of benzene rings is 1. The SMILES string of the molecule is COc1ccc(C(=O)NCC(O)(c2ccoc2)c2ccco2)cc1. The molecule has 2 aromatic heterocycles. The lowest BCUT2D eigenvalue weighted by atomic mass is 9.93. The van der Waals surface area contributed by atoms with Gasteiger partial charge in [-0.25, -0.2) is 0 Å². The summed E-state index contributed by atoms with van der Waals surface area (Å²) < 4.78 is 15.4. The normalized spacial score (nSPS) is 13.2. The lowest BCUT2D eigenvalue weighted by Crippen LogP contribution is -2.41. The molecular formula is C18H17NO5. The zero-order chi connectivity index (χ0) is 17.0. The Hall–Kier alpha value is -2.99. The van der Waals surface area contributed by atoms with Crippen LogP contribution in [0, 0.1) is 0 Å². The molecule has 1 amide bonds. The molecule has 0 saturated heterocycles. The van der Waals surface area contributed by atoms with Gasteiger partial charge in [0.1, 0.15) is 11.5 Å². The number of hydrogen-bond acceptors (Lipinski definition) is 5. The van der Waals surface area contributed by atoms with Crippen molar-refractivity contribution in [2.75, 3.05) is 13.7 Å². The van der Waals surface area contributed by atoms with Crippen LogP contribution in [0.1, 0.15) is 21.7 Å². The van der Waals surface area contributed by atoms with Crippen molar-refractivity contribution < 1.29 is 23.5 Å². The number of hydrogen-bond donors (Lipinski definition) is 2. The molecule has 0 bridgehead atoms. The molecule has 0 aliphatic rings. The van der Waals surface area contributed by atoms with Crippen LogP contribution in [0.2, 0.25) is 0 Å². The summed E-state index contributed by atoms with van der Waals surface area (Å²) in [6, 6.07) is 11.6. The second-order valence-electron chi connectivity index (χ2n) is 5.26. The molecular weight excluding hydrogens is 310 g/mol. The monoisotopic (exact) mass is 327 g/mol. The Kier molecular flexibility index (Phi) is 4.39. The van der Waals surface area contributed by atoms with Crippen LogP contribution in [-0.2, 0) is 5.60 Å². The van der Waals surface area contributed by atoms with E-state index in [1.54, 1.807) is 49.6 Å². The van der Waals surface area contributed by atoms with E-state index in [0.29, 0.717) is 22.6 Å². The van der Waals surface area contributed by atoms with E-state index in [4.69, 9.17) is 13.6 Å². The molecule has 1 atom stereocenters. The summed E-state index contributed by atoms with van der Waals surface area (Å²) in [6.45, 7) is -0.0646. The van der Waals surface area contributed by atoms with Gasteiger partial charge in [0.05, 0.1) is 32.4 Å². The molecule has 2 heterocycles. The number of amides is 1. The van der Waals surface area contributed by atoms with Gasteiger partial charge >= 0.3 is 0 Å². The Morgan fingerprint density at radius 3 is 2.58 bits per heavy atom. The molecule has 1 unspecified atom stereocenters. The highest BCUT2D eigenvalue weighted by atomic mass is 16.5. The Bertz CT molecular complexity index is 741. The fourth-order valence-corrected chi connectivity index (χ4v) is 2.40. The molecule has 6 nitrogen and oxygen atoms in total. The van der Waals surface area contributed by atoms with E-state index in [1.165, 1.54) is 18.8 Å². The first kappa shape index (κ1) is 15.9. The van der Waals surface area contributed by atoms with Gasteiger partial charge in [-0.3, -0.25) is 4.79 Å². The first-order valence-electron chi connectivity index (χ1n) is 7.35. The van der Waals surface area contributed by atoms with Gasteiger partial charge in [0.15, 0.2) is 5.60 Å². The molecule has 3 aromatic rings. The van der Waals surface area contributed by atoms with Crippen molar-refractivity contribution >= 4 is 5.91 Å². The van der Waals surface area contributed by atoms with Crippen LogP contribution in [0.25, 0.3) is 0 Å². The maximum absolute atomic E-state index is 12.3. The number of rotatable bonds is 6. The Balaban J connectivity index is 1.77. The summed E-state index contributed by atoms with van der Waals surface area (Å²) >= 11 is 0. The van der Waals surface area contributed by atoms with Crippen LogP contribution >= 0.6 is 0 Å². The third kappa shape index (κ3) is 3.04. The number of furan rings is 2. The fraction of sp³-hybridized carbons (Fsp3) is 0.167. The number of methoxy groups -OCH3 is 1. The van der Waals surface area contributed by atoms with Gasteiger partial charge in [-0.1, -0.05) is 0 Å². The molecule has 0 aliphatic carbocycles. The summed E-state index contributed by atoms with van der Waals surface area (Å²) in [5.74, 6) is 0.669. The third-order valence-corrected chi connectivity index (χ3v) is 3.78. The summed E-state index contributed by atoms with van der Waals surface area (Å²) in [6.07, 6.45) is 4.34. The molecule has 124 valence electrons. The number of carbonyl (C=O) groups is 1. The van der Waals surface area contributed by atoms with E-state index in [1.807, 2.05) is 0 Å². The standard InChI is InChI=1S/C18H17NO5/c1-22-15-6-4-13(5-7-15)17(20)19-12-18(21,14-8-10-23-11-14)16-3-2-9-24-16/h2-11,21H,12H2,1H3,(H,19,20). The van der Waals surface area contributed by atoms with Crippen LogP contribution in [-0.4, -0.2) is 24.7 Å². The van der Waals surface area contributed by atoms with E-state index in [-0.39, 0.29) is 12.5 Å². The topological polar surface area (TPSA) is 84.8 Å². The van der Waals surface area contributed by atoms with Crippen molar-refractivity contribution in [2.45, 2.75) is 5.60 Å². The molecule has 0 fully saturated rings. The predicted molar refractivity (Wildman–Crippen MR) is 85.7 cm³/mol. The Morgan fingerprint density at radius 1 is 1.21 bits per heavy atom. The van der Waals surface area contributed by atoms with Gasteiger partial charge in [0.25, 0.3) is 5.91 Å². The van der Waals surface area contributed by atoms with E-state index in [2.05, 4.69) is 5.32 Å². The highest BCUT2D eigenvalue weighted by Crippen LogP contribution is 2.29.